The number of rotatable bonds is 2. The van der Waals surface area contributed by atoms with Crippen LogP contribution in [0.1, 0.15) is 19.3 Å². The van der Waals surface area contributed by atoms with Crippen molar-refractivity contribution in [3.05, 3.63) is 24.3 Å². The summed E-state index contributed by atoms with van der Waals surface area (Å²) in [6.45, 7) is 0.647. The van der Waals surface area contributed by atoms with E-state index in [0.717, 1.165) is 23.9 Å². The van der Waals surface area contributed by atoms with Gasteiger partial charge < -0.3 is 15.7 Å². The Morgan fingerprint density at radius 1 is 1.25 bits per heavy atom. The Hall–Kier alpha value is -2.37. The molecule has 0 radical (unpaired) electrons. The second-order valence-corrected chi connectivity index (χ2v) is 4.96. The Balaban J connectivity index is 2.07. The Bertz CT molecular complexity index is 659. The van der Waals surface area contributed by atoms with Crippen LogP contribution in [0.5, 0.6) is 0 Å². The molecule has 1 fully saturated rings. The van der Waals surface area contributed by atoms with Gasteiger partial charge in [-0.25, -0.2) is 14.8 Å². The summed E-state index contributed by atoms with van der Waals surface area (Å²) in [7, 11) is 0. The predicted molar refractivity (Wildman–Crippen MR) is 76.6 cm³/mol. The fourth-order valence-corrected chi connectivity index (χ4v) is 2.66. The number of carboxylic acid groups (broad SMARTS) is 1. The summed E-state index contributed by atoms with van der Waals surface area (Å²) in [6, 6.07) is 6.87. The van der Waals surface area contributed by atoms with E-state index in [0.29, 0.717) is 18.8 Å². The number of carboxylic acids is 1. The fourth-order valence-electron chi connectivity index (χ4n) is 2.66. The van der Waals surface area contributed by atoms with Gasteiger partial charge in [-0.1, -0.05) is 12.1 Å². The van der Waals surface area contributed by atoms with E-state index in [1.807, 2.05) is 24.3 Å². The van der Waals surface area contributed by atoms with Crippen LogP contribution in [0.4, 0.5) is 11.6 Å². The molecule has 2 heterocycles. The molecule has 1 aromatic carbocycles. The summed E-state index contributed by atoms with van der Waals surface area (Å²) in [6.07, 6.45) is 2.47. The third-order valence-corrected chi connectivity index (χ3v) is 3.64. The Labute approximate surface area is 116 Å². The highest BCUT2D eigenvalue weighted by atomic mass is 16.4. The Kier molecular flexibility index (Phi) is 3.14. The molecule has 2 aromatic rings. The van der Waals surface area contributed by atoms with E-state index in [1.54, 1.807) is 4.90 Å². The molecule has 3 rings (SSSR count). The van der Waals surface area contributed by atoms with E-state index in [2.05, 4.69) is 9.97 Å². The molecule has 6 heteroatoms. The van der Waals surface area contributed by atoms with Crippen LogP contribution >= 0.6 is 0 Å². The number of nitrogens with two attached hydrogens (primary N) is 1. The van der Waals surface area contributed by atoms with E-state index in [4.69, 9.17) is 5.73 Å². The van der Waals surface area contributed by atoms with E-state index in [-0.39, 0.29) is 5.82 Å². The molecule has 1 aromatic heterocycles. The maximum Gasteiger partial charge on any atom is 0.326 e. The molecule has 0 amide bonds. The van der Waals surface area contributed by atoms with Crippen molar-refractivity contribution < 1.29 is 9.90 Å². The number of fused-ring (bicyclic) bond motifs is 1. The van der Waals surface area contributed by atoms with Gasteiger partial charge in [-0.05, 0) is 31.4 Å². The molecule has 0 aliphatic carbocycles. The van der Waals surface area contributed by atoms with Crippen molar-refractivity contribution in [3.8, 4) is 0 Å². The molecule has 0 spiro atoms. The number of piperidine rings is 1. The van der Waals surface area contributed by atoms with Crippen molar-refractivity contribution in [1.29, 1.82) is 0 Å². The van der Waals surface area contributed by atoms with Crippen LogP contribution in [0.2, 0.25) is 0 Å². The smallest absolute Gasteiger partial charge is 0.326 e. The average molecular weight is 272 g/mol. The number of anilines is 2. The minimum absolute atomic E-state index is 0.289. The number of aromatic nitrogens is 2. The van der Waals surface area contributed by atoms with E-state index in [9.17, 15) is 9.90 Å². The number of nitrogens with zero attached hydrogens (tertiary/aromatic N) is 3. The van der Waals surface area contributed by atoms with Gasteiger partial charge in [0.05, 0.1) is 11.0 Å². The Morgan fingerprint density at radius 3 is 2.65 bits per heavy atom. The largest absolute Gasteiger partial charge is 0.480 e. The number of hydrogen-bond acceptors (Lipinski definition) is 5. The van der Waals surface area contributed by atoms with Gasteiger partial charge in [0.15, 0.2) is 11.6 Å². The zero-order valence-corrected chi connectivity index (χ0v) is 11.0. The number of aliphatic carboxylic acids is 1. The minimum atomic E-state index is -0.834. The zero-order chi connectivity index (χ0) is 14.1. The van der Waals surface area contributed by atoms with Crippen molar-refractivity contribution in [2.75, 3.05) is 17.2 Å². The van der Waals surface area contributed by atoms with Crippen LogP contribution < -0.4 is 10.6 Å². The van der Waals surface area contributed by atoms with Crippen LogP contribution in [0, 0.1) is 0 Å². The third kappa shape index (κ3) is 2.13. The summed E-state index contributed by atoms with van der Waals surface area (Å²) in [5, 5.41) is 9.34. The van der Waals surface area contributed by atoms with Crippen molar-refractivity contribution in [2.24, 2.45) is 0 Å². The molecule has 1 unspecified atom stereocenters. The second-order valence-electron chi connectivity index (χ2n) is 4.96. The van der Waals surface area contributed by atoms with Crippen LogP contribution in [0.15, 0.2) is 24.3 Å². The quantitative estimate of drug-likeness (QED) is 0.863. The van der Waals surface area contributed by atoms with Crippen LogP contribution in [0.25, 0.3) is 11.0 Å². The minimum Gasteiger partial charge on any atom is -0.480 e. The third-order valence-electron chi connectivity index (χ3n) is 3.64. The average Bonchev–Trinajstić information content (AvgIpc) is 2.46. The van der Waals surface area contributed by atoms with Gasteiger partial charge >= 0.3 is 5.97 Å². The van der Waals surface area contributed by atoms with E-state index < -0.39 is 12.0 Å². The lowest BCUT2D eigenvalue weighted by Gasteiger charge is -2.34. The predicted octanol–water partition coefficient (Wildman–Crippen LogP) is 1.66. The normalized spacial score (nSPS) is 19.2. The number of para-hydroxylation sites is 2. The first-order valence-electron chi connectivity index (χ1n) is 6.68. The molecule has 1 aliphatic heterocycles. The highest BCUT2D eigenvalue weighted by Crippen LogP contribution is 2.28. The molecular formula is C14H16N4O2. The van der Waals surface area contributed by atoms with Crippen molar-refractivity contribution in [1.82, 2.24) is 9.97 Å². The van der Waals surface area contributed by atoms with Crippen molar-refractivity contribution in [2.45, 2.75) is 25.3 Å². The van der Waals surface area contributed by atoms with Gasteiger partial charge in [0, 0.05) is 6.54 Å². The van der Waals surface area contributed by atoms with E-state index in [1.165, 1.54) is 0 Å². The summed E-state index contributed by atoms with van der Waals surface area (Å²) >= 11 is 0. The SMILES string of the molecule is Nc1nc2ccccc2nc1N1CCCCC1C(=O)O. The summed E-state index contributed by atoms with van der Waals surface area (Å²) < 4.78 is 0. The summed E-state index contributed by atoms with van der Waals surface area (Å²) in [5.41, 5.74) is 7.42. The second kappa shape index (κ2) is 4.96. The standard InChI is InChI=1S/C14H16N4O2/c15-12-13(17-10-6-2-1-5-9(10)16-12)18-8-4-3-7-11(18)14(19)20/h1-2,5-6,11H,3-4,7-8H2,(H2,15,16)(H,19,20). The van der Waals surface area contributed by atoms with Gasteiger partial charge in [0.2, 0.25) is 0 Å². The molecule has 1 atom stereocenters. The molecule has 0 bridgehead atoms. The topological polar surface area (TPSA) is 92.3 Å². The Morgan fingerprint density at radius 2 is 1.95 bits per heavy atom. The summed E-state index contributed by atoms with van der Waals surface area (Å²) in [4.78, 5) is 22.0. The lowest BCUT2D eigenvalue weighted by molar-refractivity contribution is -0.139. The maximum atomic E-state index is 11.4. The van der Waals surface area contributed by atoms with Gasteiger partial charge in [-0.3, -0.25) is 0 Å². The van der Waals surface area contributed by atoms with Crippen LogP contribution in [-0.2, 0) is 4.79 Å². The molecule has 1 aliphatic rings. The zero-order valence-electron chi connectivity index (χ0n) is 11.0. The van der Waals surface area contributed by atoms with Crippen molar-refractivity contribution in [3.63, 3.8) is 0 Å². The molecule has 6 nitrogen and oxygen atoms in total. The maximum absolute atomic E-state index is 11.4. The number of carbonyl (C=O) groups is 1. The number of hydrogen-bond donors (Lipinski definition) is 2. The monoisotopic (exact) mass is 272 g/mol. The van der Waals surface area contributed by atoms with Crippen LogP contribution in [0.3, 0.4) is 0 Å². The van der Waals surface area contributed by atoms with Crippen LogP contribution in [-0.4, -0.2) is 33.6 Å². The molecule has 1 saturated heterocycles. The fraction of sp³-hybridized carbons (Fsp3) is 0.357. The molecule has 0 saturated carbocycles. The van der Waals surface area contributed by atoms with Gasteiger partial charge in [-0.2, -0.15) is 0 Å². The first-order valence-corrected chi connectivity index (χ1v) is 6.68. The highest BCUT2D eigenvalue weighted by molar-refractivity contribution is 5.83. The lowest BCUT2D eigenvalue weighted by Crippen LogP contribution is -2.45. The summed E-state index contributed by atoms with van der Waals surface area (Å²) in [5.74, 6) is -0.0632. The highest BCUT2D eigenvalue weighted by Gasteiger charge is 2.31. The van der Waals surface area contributed by atoms with E-state index >= 15 is 0 Å². The first-order chi connectivity index (χ1) is 9.66. The molecule has 3 N–H and O–H groups in total. The van der Waals surface area contributed by atoms with Gasteiger partial charge in [0.1, 0.15) is 6.04 Å². The van der Waals surface area contributed by atoms with Gasteiger partial charge in [-0.15, -0.1) is 0 Å². The number of nitrogen functional groups attached to an aromatic ring is 1. The molecular weight excluding hydrogens is 256 g/mol. The first kappa shape index (κ1) is 12.7. The molecule has 20 heavy (non-hydrogen) atoms. The van der Waals surface area contributed by atoms with Crippen molar-refractivity contribution >= 4 is 28.6 Å². The van der Waals surface area contributed by atoms with Gasteiger partial charge in [0.25, 0.3) is 0 Å². The lowest BCUT2D eigenvalue weighted by atomic mass is 10.0. The molecule has 104 valence electrons. The number of benzene rings is 1.